The van der Waals surface area contributed by atoms with Crippen LogP contribution in [0.2, 0.25) is 0 Å². The fourth-order valence-electron chi connectivity index (χ4n) is 7.53. The molecule has 3 heteroatoms. The molecule has 236 valence electrons. The van der Waals surface area contributed by atoms with E-state index >= 15 is 0 Å². The van der Waals surface area contributed by atoms with Crippen molar-refractivity contribution in [2.75, 3.05) is 0 Å². The van der Waals surface area contributed by atoms with E-state index in [4.69, 9.17) is 0 Å². The van der Waals surface area contributed by atoms with Crippen LogP contribution in [0.4, 0.5) is 0 Å². The maximum Gasteiger partial charge on any atom is -1.00 e. The quantitative estimate of drug-likeness (QED) is 0.209. The number of allylic oxidation sites excluding steroid dienone is 4. The van der Waals surface area contributed by atoms with Crippen molar-refractivity contribution in [2.45, 2.75) is 56.1 Å². The first-order chi connectivity index (χ1) is 21.8. The maximum absolute atomic E-state index is 2.59. The van der Waals surface area contributed by atoms with E-state index in [1.165, 1.54) is 50.1 Å². The predicted octanol–water partition coefficient (Wildman–Crippen LogP) is 5.12. The van der Waals surface area contributed by atoms with Gasteiger partial charge in [-0.15, -0.1) is 0 Å². The Bertz CT molecular complexity index is 1870. The average molecular weight is 690 g/mol. The summed E-state index contributed by atoms with van der Waals surface area (Å²) < 4.78 is 3.66. The fraction of sp³-hybridized carbons (Fsp3) is 0.205. The molecule has 0 N–H and O–H groups in total. The molecule has 0 nitrogen and oxygen atoms in total. The van der Waals surface area contributed by atoms with Gasteiger partial charge in [0.25, 0.3) is 0 Å². The Balaban J connectivity index is 0.00000217. The van der Waals surface area contributed by atoms with E-state index in [-0.39, 0.29) is 35.6 Å². The van der Waals surface area contributed by atoms with Crippen LogP contribution in [0.3, 0.4) is 0 Å². The Morgan fingerprint density at radius 1 is 0.574 bits per heavy atom. The van der Waals surface area contributed by atoms with E-state index in [1.54, 1.807) is 7.69 Å². The van der Waals surface area contributed by atoms with Gasteiger partial charge in [-0.1, -0.05) is 0 Å². The SMILES string of the molecule is C/[C](c1ccccc1)=[Ti+2](/[C]1=CC=CC1)[CH]1c2cc(C(C)(C)c3ccccc3)ccc2-c2ccc(C(C)(C)c3ccccc3)cc21.[Cl-].[Cl-]. The van der Waals surface area contributed by atoms with E-state index in [2.05, 4.69) is 180 Å². The van der Waals surface area contributed by atoms with Crippen molar-refractivity contribution >= 4 is 3.81 Å². The first-order valence-electron chi connectivity index (χ1n) is 16.3. The number of hydrogen-bond donors (Lipinski definition) is 0. The van der Waals surface area contributed by atoms with Crippen molar-refractivity contribution in [3.8, 4) is 11.1 Å². The molecule has 2 aliphatic carbocycles. The summed E-state index contributed by atoms with van der Waals surface area (Å²) in [4.78, 5) is 0. The second kappa shape index (κ2) is 14.1. The number of fused-ring (bicyclic) bond motifs is 3. The summed E-state index contributed by atoms with van der Waals surface area (Å²) in [6.45, 7) is 12.0. The summed E-state index contributed by atoms with van der Waals surface area (Å²) in [5.74, 6) is 0. The number of rotatable bonds is 7. The van der Waals surface area contributed by atoms with Gasteiger partial charge in [0.2, 0.25) is 0 Å². The number of benzene rings is 5. The molecule has 0 radical (unpaired) electrons. The van der Waals surface area contributed by atoms with Gasteiger partial charge in [-0.2, -0.15) is 0 Å². The van der Waals surface area contributed by atoms with Gasteiger partial charge in [0, 0.05) is 0 Å². The van der Waals surface area contributed by atoms with Crippen LogP contribution in [0.1, 0.15) is 84.2 Å². The smallest absolute Gasteiger partial charge is 1.00 e. The zero-order valence-electron chi connectivity index (χ0n) is 27.9. The maximum atomic E-state index is 2.59. The molecule has 5 aromatic carbocycles. The summed E-state index contributed by atoms with van der Waals surface area (Å²) in [5.41, 5.74) is 12.6. The Labute approximate surface area is 299 Å². The zero-order chi connectivity index (χ0) is 31.2. The molecule has 0 saturated heterocycles. The summed E-state index contributed by atoms with van der Waals surface area (Å²) >= 11 is -2.11. The summed E-state index contributed by atoms with van der Waals surface area (Å²) in [5, 5.41) is 0. The first kappa shape index (κ1) is 35.1. The van der Waals surface area contributed by atoms with Crippen molar-refractivity contribution in [3.05, 3.63) is 188 Å². The molecule has 7 rings (SSSR count). The molecule has 0 spiro atoms. The molecular weight excluding hydrogens is 647 g/mol. The van der Waals surface area contributed by atoms with E-state index in [9.17, 15) is 0 Å². The average Bonchev–Trinajstić information content (AvgIpc) is 3.73. The zero-order valence-corrected chi connectivity index (χ0v) is 31.0. The van der Waals surface area contributed by atoms with E-state index in [0.29, 0.717) is 4.22 Å². The van der Waals surface area contributed by atoms with E-state index < -0.39 is 17.4 Å². The molecule has 0 unspecified atom stereocenters. The molecule has 0 aliphatic heterocycles. The summed E-state index contributed by atoms with van der Waals surface area (Å²) in [7, 11) is 0. The Morgan fingerprint density at radius 2 is 1.02 bits per heavy atom. The van der Waals surface area contributed by atoms with Gasteiger partial charge in [0.05, 0.1) is 0 Å². The second-order valence-electron chi connectivity index (χ2n) is 13.7. The topological polar surface area (TPSA) is 0 Å². The van der Waals surface area contributed by atoms with Gasteiger partial charge in [-0.3, -0.25) is 0 Å². The van der Waals surface area contributed by atoms with Crippen molar-refractivity contribution in [2.24, 2.45) is 0 Å². The van der Waals surface area contributed by atoms with Gasteiger partial charge >= 0.3 is 277 Å². The molecule has 0 atom stereocenters. The monoisotopic (exact) mass is 688 g/mol. The number of hydrogen-bond acceptors (Lipinski definition) is 0. The van der Waals surface area contributed by atoms with Crippen molar-refractivity contribution < 1.29 is 42.2 Å². The normalized spacial score (nSPS) is 14.0. The van der Waals surface area contributed by atoms with Crippen molar-refractivity contribution in [3.63, 3.8) is 0 Å². The van der Waals surface area contributed by atoms with Crippen molar-refractivity contribution in [1.82, 2.24) is 0 Å². The second-order valence-corrected chi connectivity index (χ2v) is 18.1. The third-order valence-corrected chi connectivity index (χ3v) is 15.7. The van der Waals surface area contributed by atoms with Gasteiger partial charge in [0.15, 0.2) is 0 Å². The largest absolute Gasteiger partial charge is 1.00 e. The molecule has 0 bridgehead atoms. The van der Waals surface area contributed by atoms with Crippen LogP contribution in [0.25, 0.3) is 11.1 Å². The molecule has 5 aromatic rings. The Morgan fingerprint density at radius 3 is 1.45 bits per heavy atom. The van der Waals surface area contributed by atoms with E-state index in [1.807, 2.05) is 0 Å². The van der Waals surface area contributed by atoms with E-state index in [0.717, 1.165) is 6.42 Å². The minimum atomic E-state index is -2.11. The van der Waals surface area contributed by atoms with Crippen LogP contribution < -0.4 is 24.8 Å². The molecule has 0 saturated carbocycles. The van der Waals surface area contributed by atoms with Crippen LogP contribution in [0.15, 0.2) is 149 Å². The third-order valence-electron chi connectivity index (χ3n) is 10.5. The molecule has 0 fully saturated rings. The predicted molar refractivity (Wildman–Crippen MR) is 189 cm³/mol. The molecule has 0 aromatic heterocycles. The standard InChI is InChI=1S/C31H29.C8H8.C5H5.2ClH.Ti/c1-30(2,24-11-7-5-8-12-24)26-15-17-28-22(20-26)19-23-21-27(16-18-29(23)28)31(3,4)25-13-9-6-10-14-25;1-2-8-6-4-3-5-7-8;1-2-4-5-3-1;;;/h5-21H,1-4H3;3-7H,1H3;1-3H,4H2;2*1H;/q;;;;;+2/p-2. The molecular formula is C44H42Cl2Ti. The van der Waals surface area contributed by atoms with Crippen molar-refractivity contribution in [1.29, 1.82) is 0 Å². The van der Waals surface area contributed by atoms with Crippen LogP contribution in [-0.2, 0) is 28.2 Å². The van der Waals surface area contributed by atoms with Crippen LogP contribution in [-0.4, -0.2) is 3.81 Å². The Kier molecular flexibility index (Phi) is 10.5. The Hall–Kier alpha value is -3.26. The first-order valence-corrected chi connectivity index (χ1v) is 18.8. The minimum absolute atomic E-state index is 0. The van der Waals surface area contributed by atoms with Gasteiger partial charge in [-0.05, 0) is 0 Å². The number of halogens is 2. The van der Waals surface area contributed by atoms with Gasteiger partial charge in [-0.25, -0.2) is 0 Å². The van der Waals surface area contributed by atoms with Crippen LogP contribution >= 0.6 is 0 Å². The fourth-order valence-corrected chi connectivity index (χ4v) is 13.0. The molecule has 0 amide bonds. The minimum Gasteiger partial charge on any atom is -1.00 e. The van der Waals surface area contributed by atoms with Crippen LogP contribution in [0.5, 0.6) is 0 Å². The molecule has 2 aliphatic rings. The summed E-state index contributed by atoms with van der Waals surface area (Å²) in [6, 6.07) is 48.0. The molecule has 47 heavy (non-hydrogen) atoms. The molecule has 0 heterocycles. The van der Waals surface area contributed by atoms with Gasteiger partial charge in [0.1, 0.15) is 0 Å². The van der Waals surface area contributed by atoms with Crippen LogP contribution in [0, 0.1) is 0 Å². The third kappa shape index (κ3) is 6.35. The summed E-state index contributed by atoms with van der Waals surface area (Å²) in [6.07, 6.45) is 8.18. The van der Waals surface area contributed by atoms with Gasteiger partial charge < -0.3 is 24.8 Å².